The first kappa shape index (κ1) is 27.3. The lowest BCUT2D eigenvalue weighted by Crippen LogP contribution is -2.22. The van der Waals surface area contributed by atoms with Crippen LogP contribution in [0.15, 0.2) is 58.7 Å². The number of nitrogens with zero attached hydrogens (tertiary/aromatic N) is 2. The molecule has 0 saturated heterocycles. The average molecular weight is 563 g/mol. The number of aromatic nitrogens is 2. The van der Waals surface area contributed by atoms with Gasteiger partial charge in [0.25, 0.3) is 12.3 Å². The number of amides is 2. The number of carboxylic acid groups (broad SMARTS) is 1. The second kappa shape index (κ2) is 10.9. The lowest BCUT2D eigenvalue weighted by Gasteiger charge is -2.19. The topological polar surface area (TPSA) is 127 Å². The van der Waals surface area contributed by atoms with E-state index in [0.29, 0.717) is 5.69 Å². The molecule has 3 aromatic rings. The van der Waals surface area contributed by atoms with Crippen LogP contribution in [0, 0.1) is 0 Å². The number of allylic oxidation sites excluding steroid dienone is 1. The van der Waals surface area contributed by atoms with Crippen LogP contribution in [0.2, 0.25) is 0 Å². The van der Waals surface area contributed by atoms with E-state index in [0.717, 1.165) is 35.6 Å². The number of carbonyl (C=O) groups is 3. The number of aryl methyl sites for hydroxylation is 1. The average Bonchev–Trinajstić information content (AvgIpc) is 3.58. The fourth-order valence-electron chi connectivity index (χ4n) is 4.98. The Morgan fingerprint density at radius 1 is 1.11 bits per heavy atom. The highest BCUT2D eigenvalue weighted by Crippen LogP contribution is 2.60. The Labute approximate surface area is 226 Å². The van der Waals surface area contributed by atoms with Crippen molar-refractivity contribution >= 4 is 46.7 Å². The van der Waals surface area contributed by atoms with Crippen molar-refractivity contribution in [3.63, 3.8) is 0 Å². The summed E-state index contributed by atoms with van der Waals surface area (Å²) >= 11 is 12.2. The smallest absolute Gasteiger partial charge is 0.335 e. The van der Waals surface area contributed by atoms with E-state index in [1.165, 1.54) is 29.1 Å². The van der Waals surface area contributed by atoms with Crippen LogP contribution in [0.5, 0.6) is 0 Å². The molecule has 1 fully saturated rings. The van der Waals surface area contributed by atoms with Crippen LogP contribution in [0.25, 0.3) is 0 Å². The molecule has 12 heteroatoms. The first-order valence-electron chi connectivity index (χ1n) is 11.4. The third-order valence-corrected chi connectivity index (χ3v) is 7.00. The molecule has 2 atom stereocenters. The van der Waals surface area contributed by atoms with E-state index in [1.807, 2.05) is 12.1 Å². The molecule has 198 valence electrons. The third kappa shape index (κ3) is 5.27. The van der Waals surface area contributed by atoms with Crippen LogP contribution in [0.1, 0.15) is 79.0 Å². The number of nitrogens with two attached hydrogens (primary N) is 1. The number of hydrogen-bond donors (Lipinski definition) is 3. The number of aromatic carboxylic acids is 1. The fourth-order valence-corrected chi connectivity index (χ4v) is 5.50. The van der Waals surface area contributed by atoms with Crippen molar-refractivity contribution in [2.24, 2.45) is 12.8 Å². The van der Waals surface area contributed by atoms with E-state index < -0.39 is 24.2 Å². The predicted molar refractivity (Wildman–Crippen MR) is 138 cm³/mol. The number of primary amides is 1. The predicted octanol–water partition coefficient (Wildman–Crippen LogP) is 5.76. The summed E-state index contributed by atoms with van der Waals surface area (Å²) in [6, 6.07) is 10.6. The normalized spacial score (nSPS) is 17.1. The second-order valence-corrected chi connectivity index (χ2v) is 9.76. The number of nitrogens with one attached hydrogen (secondary N) is 1. The largest absolute Gasteiger partial charge is 0.478 e. The minimum absolute atomic E-state index is 0.00870. The van der Waals surface area contributed by atoms with Gasteiger partial charge >= 0.3 is 5.97 Å². The highest BCUT2D eigenvalue weighted by Gasteiger charge is 2.44. The number of anilines is 1. The van der Waals surface area contributed by atoms with Crippen molar-refractivity contribution in [2.45, 2.75) is 31.1 Å². The second-order valence-electron chi connectivity index (χ2n) is 8.81. The quantitative estimate of drug-likeness (QED) is 0.364. The van der Waals surface area contributed by atoms with Crippen molar-refractivity contribution in [2.75, 3.05) is 5.32 Å². The van der Waals surface area contributed by atoms with Gasteiger partial charge in [-0.3, -0.25) is 14.3 Å². The number of carboxylic acids is 1. The summed E-state index contributed by atoms with van der Waals surface area (Å²) in [5.41, 5.74) is 8.58. The summed E-state index contributed by atoms with van der Waals surface area (Å²) in [7, 11) is 1.60. The minimum atomic E-state index is -2.45. The van der Waals surface area contributed by atoms with Gasteiger partial charge in [0.05, 0.1) is 16.7 Å². The first-order valence-corrected chi connectivity index (χ1v) is 12.2. The van der Waals surface area contributed by atoms with E-state index in [4.69, 9.17) is 34.0 Å². The van der Waals surface area contributed by atoms with E-state index in [-0.39, 0.29) is 38.7 Å². The maximum Gasteiger partial charge on any atom is 0.335 e. The lowest BCUT2D eigenvalue weighted by atomic mass is 9.90. The van der Waals surface area contributed by atoms with Gasteiger partial charge in [0.1, 0.15) is 10.2 Å². The van der Waals surface area contributed by atoms with E-state index in [1.54, 1.807) is 13.1 Å². The van der Waals surface area contributed by atoms with Gasteiger partial charge in [0.15, 0.2) is 0 Å². The third-order valence-electron chi connectivity index (χ3n) is 6.56. The standard InChI is InChI=1S/C21H16Cl2N2O4.C5H6F2N2/c22-18(23)17-11-6-7-13(17)16-10(11)2-1-3-15(16)25-20(27)12-5-4-9(21(28)29)8-14(12)19(24)26;1-9-3-2-4(8-9)5(6)7/h1-5,8,11,13H,6-7H2,(H2,24,26)(H,25,27)(H,28,29);2-3,5H,1H3/t11-,13+;/m1./s1. The fraction of sp³-hybridized carbons (Fsp3) is 0.231. The maximum atomic E-state index is 12.9. The monoisotopic (exact) mass is 562 g/mol. The highest BCUT2D eigenvalue weighted by molar-refractivity contribution is 6.56. The van der Waals surface area contributed by atoms with Crippen molar-refractivity contribution in [3.8, 4) is 0 Å². The molecule has 5 rings (SSSR count). The van der Waals surface area contributed by atoms with Crippen LogP contribution in [0.3, 0.4) is 0 Å². The zero-order valence-corrected chi connectivity index (χ0v) is 21.4. The van der Waals surface area contributed by atoms with Crippen LogP contribution in [-0.2, 0) is 7.05 Å². The maximum absolute atomic E-state index is 12.9. The Kier molecular flexibility index (Phi) is 7.84. The molecule has 8 nitrogen and oxygen atoms in total. The molecule has 4 N–H and O–H groups in total. The Hall–Kier alpha value is -3.76. The summed E-state index contributed by atoms with van der Waals surface area (Å²) in [4.78, 5) is 35.8. The van der Waals surface area contributed by atoms with Crippen molar-refractivity contribution < 1.29 is 28.3 Å². The molecule has 0 radical (unpaired) electrons. The summed E-state index contributed by atoms with van der Waals surface area (Å²) in [6.45, 7) is 0. The van der Waals surface area contributed by atoms with Gasteiger partial charge in [0.2, 0.25) is 5.91 Å². The summed E-state index contributed by atoms with van der Waals surface area (Å²) in [5, 5.41) is 15.4. The summed E-state index contributed by atoms with van der Waals surface area (Å²) in [6.07, 6.45) is 0.881. The van der Waals surface area contributed by atoms with Crippen molar-refractivity contribution in [1.82, 2.24) is 9.78 Å². The van der Waals surface area contributed by atoms with E-state index in [9.17, 15) is 23.2 Å². The van der Waals surface area contributed by atoms with Gasteiger partial charge in [-0.1, -0.05) is 35.3 Å². The zero-order valence-electron chi connectivity index (χ0n) is 19.9. The number of hydrogen-bond acceptors (Lipinski definition) is 4. The van der Waals surface area contributed by atoms with Crippen molar-refractivity contribution in [1.29, 1.82) is 0 Å². The molecule has 2 amide bonds. The zero-order chi connectivity index (χ0) is 27.7. The minimum Gasteiger partial charge on any atom is -0.478 e. The summed E-state index contributed by atoms with van der Waals surface area (Å²) < 4.78 is 25.0. The molecular weight excluding hydrogens is 541 g/mol. The molecule has 0 unspecified atom stereocenters. The Balaban J connectivity index is 0.000000317. The van der Waals surface area contributed by atoms with Gasteiger partial charge in [-0.25, -0.2) is 13.6 Å². The Morgan fingerprint density at radius 3 is 2.37 bits per heavy atom. The SMILES string of the molecule is Cn1ccc(C(F)F)n1.NC(=O)c1cc(C(=O)O)ccc1C(=O)Nc1cccc2c1[C@@H]1CC[C@H]2C1=C(Cl)Cl. The lowest BCUT2D eigenvalue weighted by molar-refractivity contribution is 0.0696. The first-order chi connectivity index (χ1) is 18.0. The molecule has 0 spiro atoms. The molecule has 1 saturated carbocycles. The van der Waals surface area contributed by atoms with Gasteiger partial charge in [-0.05, 0) is 59.9 Å². The molecule has 2 aliphatic rings. The van der Waals surface area contributed by atoms with Crippen LogP contribution < -0.4 is 11.1 Å². The number of fused-ring (bicyclic) bond motifs is 5. The number of carbonyl (C=O) groups excluding carboxylic acids is 2. The number of rotatable bonds is 5. The Bertz CT molecular complexity index is 1470. The molecule has 2 bridgehead atoms. The molecule has 2 aliphatic carbocycles. The molecule has 1 aromatic heterocycles. The van der Waals surface area contributed by atoms with Crippen LogP contribution in [-0.4, -0.2) is 32.7 Å². The van der Waals surface area contributed by atoms with Gasteiger partial charge in [-0.2, -0.15) is 5.10 Å². The van der Waals surface area contributed by atoms with E-state index >= 15 is 0 Å². The summed E-state index contributed by atoms with van der Waals surface area (Å²) in [5.74, 6) is -2.45. The van der Waals surface area contributed by atoms with E-state index in [2.05, 4.69) is 10.4 Å². The number of benzene rings is 2. The molecule has 1 heterocycles. The van der Waals surface area contributed by atoms with Gasteiger partial charge in [-0.15, -0.1) is 0 Å². The molecule has 2 aromatic carbocycles. The number of halogens is 4. The van der Waals surface area contributed by atoms with Gasteiger partial charge < -0.3 is 16.2 Å². The Morgan fingerprint density at radius 2 is 1.82 bits per heavy atom. The molecule has 38 heavy (non-hydrogen) atoms. The van der Waals surface area contributed by atoms with Crippen molar-refractivity contribution in [3.05, 3.63) is 92.2 Å². The molecular formula is C26H22Cl2F2N4O4. The van der Waals surface area contributed by atoms with Crippen LogP contribution >= 0.6 is 23.2 Å². The van der Waals surface area contributed by atoms with Gasteiger partial charge in [0, 0.05) is 30.8 Å². The number of alkyl halides is 2. The highest BCUT2D eigenvalue weighted by atomic mass is 35.5. The molecule has 0 aliphatic heterocycles. The van der Waals surface area contributed by atoms with Crippen LogP contribution in [0.4, 0.5) is 14.5 Å².